The second kappa shape index (κ2) is 8.22. The Bertz CT molecular complexity index is 1430. The molecule has 6 rings (SSSR count). The molecule has 1 aliphatic heterocycles. The van der Waals surface area contributed by atoms with Crippen LogP contribution in [0.5, 0.6) is 0 Å². The summed E-state index contributed by atoms with van der Waals surface area (Å²) in [6.07, 6.45) is 1.81. The second-order valence-electron chi connectivity index (χ2n) is 8.97. The SMILES string of the molecule is CCOCCCn1c2ccc(CO)cc2c2c3c(c4c(c21)Cc1ccccc1-4)C(=O)I(C)C3. The fraction of sp³-hybridized carbons (Fsp3) is 0.321. The topological polar surface area (TPSA) is 51.5 Å². The van der Waals surface area contributed by atoms with E-state index in [-0.39, 0.29) is 6.61 Å². The summed E-state index contributed by atoms with van der Waals surface area (Å²) < 4.78 is 9.48. The fourth-order valence-electron chi connectivity index (χ4n) is 5.72. The molecule has 0 spiro atoms. The number of halogens is 1. The van der Waals surface area contributed by atoms with Crippen molar-refractivity contribution < 1.29 is 14.6 Å². The molecule has 0 unspecified atom stereocenters. The van der Waals surface area contributed by atoms with Crippen LogP contribution >= 0.6 is 19.8 Å². The molecule has 0 fully saturated rings. The van der Waals surface area contributed by atoms with E-state index in [1.54, 1.807) is 0 Å². The molecule has 0 atom stereocenters. The third-order valence-electron chi connectivity index (χ3n) is 7.10. The van der Waals surface area contributed by atoms with Gasteiger partial charge in [0.05, 0.1) is 0 Å². The standard InChI is InChI=1S/C28H28INO3/c1-3-33-12-6-11-30-23-10-9-17(16-31)13-20(23)25-22-15-29(2)28(32)26(22)24-19-8-5-4-7-18(19)14-21(24)27(25)30/h4-5,7-10,13,31H,3,6,11-12,14-16H2,1-2H3. The molecule has 0 saturated heterocycles. The zero-order valence-corrected chi connectivity index (χ0v) is 21.2. The van der Waals surface area contributed by atoms with Crippen LogP contribution in [0.4, 0.5) is 0 Å². The number of carbonyl (C=O) groups excluding carboxylic acids is 1. The molecule has 0 amide bonds. The van der Waals surface area contributed by atoms with Gasteiger partial charge in [-0.15, -0.1) is 0 Å². The van der Waals surface area contributed by atoms with E-state index in [9.17, 15) is 9.90 Å². The summed E-state index contributed by atoms with van der Waals surface area (Å²) in [6, 6.07) is 14.9. The van der Waals surface area contributed by atoms with Crippen LogP contribution in [-0.4, -0.2) is 31.6 Å². The normalized spacial score (nSPS) is 15.5. The molecule has 4 nitrogen and oxygen atoms in total. The molecular weight excluding hydrogens is 525 g/mol. The Balaban J connectivity index is 1.72. The van der Waals surface area contributed by atoms with Crippen molar-refractivity contribution in [1.29, 1.82) is 0 Å². The van der Waals surface area contributed by atoms with Gasteiger partial charge in [-0.25, -0.2) is 0 Å². The fourth-order valence-corrected chi connectivity index (χ4v) is 9.49. The molecule has 2 aliphatic rings. The van der Waals surface area contributed by atoms with Gasteiger partial charge in [0.1, 0.15) is 0 Å². The number of nitrogens with zero attached hydrogens (tertiary/aromatic N) is 1. The molecule has 1 N–H and O–H groups in total. The molecule has 5 heteroatoms. The number of ether oxygens (including phenoxy) is 1. The first-order chi connectivity index (χ1) is 16.1. The van der Waals surface area contributed by atoms with Gasteiger partial charge in [-0.05, 0) is 0 Å². The molecule has 33 heavy (non-hydrogen) atoms. The first-order valence-electron chi connectivity index (χ1n) is 11.6. The Kier molecular flexibility index (Phi) is 5.31. The van der Waals surface area contributed by atoms with Gasteiger partial charge in [0.2, 0.25) is 0 Å². The summed E-state index contributed by atoms with van der Waals surface area (Å²) in [5, 5.41) is 12.3. The molecule has 4 aromatic rings. The maximum absolute atomic E-state index is 13.5. The number of hydrogen-bond acceptors (Lipinski definition) is 3. The molecule has 2 heterocycles. The molecule has 0 saturated carbocycles. The Morgan fingerprint density at radius 3 is 2.79 bits per heavy atom. The van der Waals surface area contributed by atoms with E-state index in [0.29, 0.717) is 3.79 Å². The quantitative estimate of drug-likeness (QED) is 0.120. The molecule has 1 aliphatic carbocycles. The van der Waals surface area contributed by atoms with Crippen LogP contribution in [0, 0.1) is 0 Å². The van der Waals surface area contributed by atoms with Crippen LogP contribution in [0.3, 0.4) is 0 Å². The van der Waals surface area contributed by atoms with Gasteiger partial charge in [-0.2, -0.15) is 0 Å². The molecule has 0 radical (unpaired) electrons. The summed E-state index contributed by atoms with van der Waals surface area (Å²) in [5.74, 6) is 0. The Labute approximate surface area is 200 Å². The zero-order valence-electron chi connectivity index (χ0n) is 19.1. The van der Waals surface area contributed by atoms with E-state index in [4.69, 9.17) is 4.74 Å². The number of aliphatic hydroxyl groups is 1. The minimum absolute atomic E-state index is 0.0245. The zero-order chi connectivity index (χ0) is 22.7. The van der Waals surface area contributed by atoms with Gasteiger partial charge in [-0.1, -0.05) is 0 Å². The van der Waals surface area contributed by atoms with Crippen molar-refractivity contribution in [2.45, 2.75) is 37.3 Å². The van der Waals surface area contributed by atoms with Gasteiger partial charge >= 0.3 is 202 Å². The van der Waals surface area contributed by atoms with Crippen LogP contribution < -0.4 is 0 Å². The molecule has 1 aromatic heterocycles. The van der Waals surface area contributed by atoms with E-state index in [0.717, 1.165) is 48.2 Å². The van der Waals surface area contributed by atoms with Gasteiger partial charge < -0.3 is 0 Å². The minimum atomic E-state index is -1.72. The number of aromatic nitrogens is 1. The van der Waals surface area contributed by atoms with E-state index < -0.39 is 19.8 Å². The number of aryl methyl sites for hydroxylation is 1. The number of rotatable bonds is 6. The number of hydrogen-bond donors (Lipinski definition) is 1. The van der Waals surface area contributed by atoms with E-state index in [1.165, 1.54) is 49.6 Å². The number of carbonyl (C=O) groups is 1. The third-order valence-corrected chi connectivity index (χ3v) is 11.2. The average molecular weight is 553 g/mol. The van der Waals surface area contributed by atoms with Crippen molar-refractivity contribution in [2.75, 3.05) is 18.1 Å². The first-order valence-corrected chi connectivity index (χ1v) is 16.4. The Morgan fingerprint density at radius 1 is 1.12 bits per heavy atom. The second-order valence-corrected chi connectivity index (χ2v) is 14.1. The van der Waals surface area contributed by atoms with Gasteiger partial charge in [0, 0.05) is 0 Å². The summed E-state index contributed by atoms with van der Waals surface area (Å²) in [4.78, 5) is 15.7. The van der Waals surface area contributed by atoms with Gasteiger partial charge in [-0.3, -0.25) is 0 Å². The number of fused-ring (bicyclic) bond motifs is 10. The van der Waals surface area contributed by atoms with Crippen molar-refractivity contribution in [3.8, 4) is 11.1 Å². The predicted octanol–water partition coefficient (Wildman–Crippen LogP) is 6.07. The molecular formula is C28H28INO3. The van der Waals surface area contributed by atoms with Crippen molar-refractivity contribution in [3.05, 3.63) is 70.3 Å². The molecule has 170 valence electrons. The molecule has 3 aromatic carbocycles. The number of alkyl halides is 2. The van der Waals surface area contributed by atoms with Crippen LogP contribution in [0.25, 0.3) is 32.9 Å². The van der Waals surface area contributed by atoms with Crippen molar-refractivity contribution >= 4 is 45.4 Å². The van der Waals surface area contributed by atoms with Crippen LogP contribution in [0.2, 0.25) is 0 Å². The summed E-state index contributed by atoms with van der Waals surface area (Å²) in [6.45, 7) is 4.41. The third kappa shape index (κ3) is 3.12. The summed E-state index contributed by atoms with van der Waals surface area (Å²) in [5.41, 5.74) is 10.8. The van der Waals surface area contributed by atoms with Gasteiger partial charge in [0.25, 0.3) is 0 Å². The van der Waals surface area contributed by atoms with Gasteiger partial charge in [0.15, 0.2) is 0 Å². The monoisotopic (exact) mass is 553 g/mol. The van der Waals surface area contributed by atoms with Crippen LogP contribution in [0.1, 0.15) is 46.0 Å². The van der Waals surface area contributed by atoms with Crippen molar-refractivity contribution in [3.63, 3.8) is 0 Å². The summed E-state index contributed by atoms with van der Waals surface area (Å²) >= 11 is -1.72. The maximum atomic E-state index is 13.5. The van der Waals surface area contributed by atoms with E-state index >= 15 is 0 Å². The average Bonchev–Trinajstić information content (AvgIpc) is 3.46. The van der Waals surface area contributed by atoms with E-state index in [2.05, 4.69) is 45.9 Å². The van der Waals surface area contributed by atoms with Crippen LogP contribution in [0.15, 0.2) is 42.5 Å². The van der Waals surface area contributed by atoms with Crippen molar-refractivity contribution in [2.24, 2.45) is 0 Å². The number of aliphatic hydroxyl groups excluding tert-OH is 1. The van der Waals surface area contributed by atoms with E-state index in [1.807, 2.05) is 13.0 Å². The molecule has 0 bridgehead atoms. The Morgan fingerprint density at radius 2 is 1.97 bits per heavy atom. The Hall–Kier alpha value is -2.22. The summed E-state index contributed by atoms with van der Waals surface area (Å²) in [7, 11) is 0. The van der Waals surface area contributed by atoms with Crippen molar-refractivity contribution in [1.82, 2.24) is 4.57 Å². The first kappa shape index (κ1) is 21.3. The number of benzene rings is 3. The predicted molar refractivity (Wildman–Crippen MR) is 143 cm³/mol. The van der Waals surface area contributed by atoms with Crippen LogP contribution in [-0.2, 0) is 28.7 Å².